The highest BCUT2D eigenvalue weighted by Crippen LogP contribution is 2.40. The number of aromatic amines is 1. The van der Waals surface area contributed by atoms with Gasteiger partial charge in [0.1, 0.15) is 16.0 Å². The van der Waals surface area contributed by atoms with Gasteiger partial charge in [-0.05, 0) is 54.1 Å². The van der Waals surface area contributed by atoms with Gasteiger partial charge in [0, 0.05) is 23.0 Å². The molecule has 1 saturated carbocycles. The zero-order valence-electron chi connectivity index (χ0n) is 16.0. The number of pyridine rings is 1. The van der Waals surface area contributed by atoms with Crippen molar-refractivity contribution in [2.24, 2.45) is 5.73 Å². The molecule has 2 heterocycles. The lowest BCUT2D eigenvalue weighted by Crippen LogP contribution is -2.26. The van der Waals surface area contributed by atoms with Crippen molar-refractivity contribution in [1.82, 2.24) is 8.94 Å². The number of rotatable bonds is 5. The maximum atomic E-state index is 15.0. The summed E-state index contributed by atoms with van der Waals surface area (Å²) in [6, 6.07) is 10.2. The summed E-state index contributed by atoms with van der Waals surface area (Å²) in [5, 5.41) is 9.45. The molecule has 0 aliphatic heterocycles. The van der Waals surface area contributed by atoms with E-state index in [-0.39, 0.29) is 29.5 Å². The van der Waals surface area contributed by atoms with Crippen molar-refractivity contribution in [3.63, 3.8) is 0 Å². The monoisotopic (exact) mass is 425 g/mol. The smallest absolute Gasteiger partial charge is 0.271 e. The first-order chi connectivity index (χ1) is 14.5. The quantitative estimate of drug-likeness (QED) is 0.458. The van der Waals surface area contributed by atoms with Crippen molar-refractivity contribution in [3.05, 3.63) is 68.4 Å². The fourth-order valence-corrected chi connectivity index (χ4v) is 4.88. The highest BCUT2D eigenvalue weighted by Gasteiger charge is 2.29. The van der Waals surface area contributed by atoms with Gasteiger partial charge in [0.25, 0.3) is 5.56 Å². The van der Waals surface area contributed by atoms with Crippen LogP contribution < -0.4 is 16.7 Å². The van der Waals surface area contributed by atoms with Crippen molar-refractivity contribution >= 4 is 32.7 Å². The molecule has 1 unspecified atom stereocenters. The predicted octanol–water partition coefficient (Wildman–Crippen LogP) is 2.91. The molecule has 154 valence electrons. The molecule has 1 atom stereocenters. The van der Waals surface area contributed by atoms with Crippen LogP contribution in [0.25, 0.3) is 32.2 Å². The number of aromatic nitrogens is 2. The van der Waals surface area contributed by atoms with Crippen molar-refractivity contribution < 1.29 is 9.50 Å². The molecule has 5 rings (SSSR count). The summed E-state index contributed by atoms with van der Waals surface area (Å²) < 4.78 is 19.7. The molecule has 0 spiro atoms. The Morgan fingerprint density at radius 2 is 1.97 bits per heavy atom. The van der Waals surface area contributed by atoms with E-state index in [1.54, 1.807) is 6.07 Å². The Morgan fingerprint density at radius 3 is 2.63 bits per heavy atom. The number of nitrogens with zero attached hydrogens (tertiary/aromatic N) is 1. The molecule has 2 aromatic carbocycles. The van der Waals surface area contributed by atoms with Crippen molar-refractivity contribution in [3.8, 4) is 11.1 Å². The van der Waals surface area contributed by atoms with Crippen LogP contribution in [0.15, 0.2) is 46.0 Å². The highest BCUT2D eigenvalue weighted by molar-refractivity contribution is 7.12. The largest absolute Gasteiger partial charge is 0.395 e. The van der Waals surface area contributed by atoms with Crippen molar-refractivity contribution in [2.45, 2.75) is 31.3 Å². The standard InChI is InChI=1S/C22H20FN3O3S/c23-17-8-16-18(9-15(17)12-3-1-11(2-4-12)7-13(24)10-27)26(14-5-6-14)22-19(20(16)28)21(29)25-30-22/h1-4,8-9,13-14,27H,5-7,10,24H2,(H,25,29). The molecule has 30 heavy (non-hydrogen) atoms. The molecule has 0 saturated heterocycles. The Morgan fingerprint density at radius 1 is 1.23 bits per heavy atom. The third-order valence-electron chi connectivity index (χ3n) is 5.63. The molecule has 1 fully saturated rings. The minimum atomic E-state index is -0.507. The topological polar surface area (TPSA) is 101 Å². The number of benzene rings is 2. The lowest BCUT2D eigenvalue weighted by molar-refractivity contribution is 0.265. The summed E-state index contributed by atoms with van der Waals surface area (Å²) in [5.74, 6) is -0.507. The van der Waals surface area contributed by atoms with E-state index in [2.05, 4.69) is 4.37 Å². The minimum absolute atomic E-state index is 0.0978. The predicted molar refractivity (Wildman–Crippen MR) is 117 cm³/mol. The van der Waals surface area contributed by atoms with E-state index in [9.17, 15) is 9.59 Å². The summed E-state index contributed by atoms with van der Waals surface area (Å²) in [4.78, 5) is 25.7. The number of halogens is 1. The molecule has 1 aliphatic rings. The van der Waals surface area contributed by atoms with Crippen LogP contribution in [-0.4, -0.2) is 26.7 Å². The fourth-order valence-electron chi connectivity index (χ4n) is 3.95. The fraction of sp³-hybridized carbons (Fsp3) is 0.273. The molecule has 2 aromatic heterocycles. The molecular formula is C22H20FN3O3S. The molecule has 4 aromatic rings. The van der Waals surface area contributed by atoms with E-state index in [1.807, 2.05) is 28.8 Å². The number of H-pyrrole nitrogens is 1. The normalized spacial score (nSPS) is 15.2. The van der Waals surface area contributed by atoms with Gasteiger partial charge in [0.05, 0.1) is 12.1 Å². The zero-order valence-corrected chi connectivity index (χ0v) is 16.8. The second kappa shape index (κ2) is 7.16. The van der Waals surface area contributed by atoms with E-state index < -0.39 is 16.8 Å². The summed E-state index contributed by atoms with van der Waals surface area (Å²) in [5.41, 5.74) is 7.62. The molecule has 8 heteroatoms. The lowest BCUT2D eigenvalue weighted by Gasteiger charge is -2.14. The highest BCUT2D eigenvalue weighted by atomic mass is 32.1. The average Bonchev–Trinajstić information content (AvgIpc) is 3.50. The summed E-state index contributed by atoms with van der Waals surface area (Å²) in [6.07, 6.45) is 2.46. The molecule has 0 bridgehead atoms. The number of fused-ring (bicyclic) bond motifs is 2. The number of aliphatic hydroxyl groups excluding tert-OH is 1. The maximum Gasteiger partial charge on any atom is 0.271 e. The van der Waals surface area contributed by atoms with Crippen molar-refractivity contribution in [1.29, 1.82) is 0 Å². The molecular weight excluding hydrogens is 405 g/mol. The third kappa shape index (κ3) is 3.08. The Balaban J connectivity index is 1.70. The van der Waals surface area contributed by atoms with E-state index in [0.29, 0.717) is 27.9 Å². The van der Waals surface area contributed by atoms with Gasteiger partial charge in [-0.2, -0.15) is 0 Å². The Labute approximate surface area is 174 Å². The van der Waals surface area contributed by atoms with Gasteiger partial charge in [-0.25, -0.2) is 4.39 Å². The number of hydrogen-bond donors (Lipinski definition) is 3. The van der Waals surface area contributed by atoms with Gasteiger partial charge in [-0.15, -0.1) is 0 Å². The van der Waals surface area contributed by atoms with E-state index in [1.165, 1.54) is 6.07 Å². The first kappa shape index (κ1) is 19.2. The van der Waals surface area contributed by atoms with Crippen LogP contribution in [0.1, 0.15) is 24.4 Å². The Kier molecular flexibility index (Phi) is 4.57. The summed E-state index contributed by atoms with van der Waals surface area (Å²) in [7, 11) is 0. The SMILES string of the molecule is NC(CO)Cc1ccc(-c2cc3c(cc2F)c(=O)c2c(=O)[nH]sc2n3C2CC2)cc1. The first-order valence-corrected chi connectivity index (χ1v) is 10.6. The average molecular weight is 425 g/mol. The third-order valence-corrected chi connectivity index (χ3v) is 6.51. The van der Waals surface area contributed by atoms with E-state index >= 15 is 4.39 Å². The second-order valence-corrected chi connectivity index (χ2v) is 8.63. The number of hydrogen-bond acceptors (Lipinski definition) is 5. The molecule has 4 N–H and O–H groups in total. The van der Waals surface area contributed by atoms with Gasteiger partial charge in [0.2, 0.25) is 5.43 Å². The van der Waals surface area contributed by atoms with Gasteiger partial charge in [0.15, 0.2) is 0 Å². The summed E-state index contributed by atoms with van der Waals surface area (Å²) >= 11 is 1.15. The van der Waals surface area contributed by atoms with Gasteiger partial charge < -0.3 is 15.4 Å². The minimum Gasteiger partial charge on any atom is -0.395 e. The number of nitrogens with one attached hydrogen (secondary N) is 1. The zero-order chi connectivity index (χ0) is 21.0. The van der Waals surface area contributed by atoms with Crippen LogP contribution in [0.5, 0.6) is 0 Å². The van der Waals surface area contributed by atoms with E-state index in [0.717, 1.165) is 29.9 Å². The van der Waals surface area contributed by atoms with Crippen molar-refractivity contribution in [2.75, 3.05) is 6.61 Å². The molecule has 6 nitrogen and oxygen atoms in total. The van der Waals surface area contributed by atoms with E-state index in [4.69, 9.17) is 10.8 Å². The molecule has 1 aliphatic carbocycles. The van der Waals surface area contributed by atoms with Crippen LogP contribution in [0, 0.1) is 5.82 Å². The van der Waals surface area contributed by atoms with Gasteiger partial charge >= 0.3 is 0 Å². The van der Waals surface area contributed by atoms with Crippen LogP contribution >= 0.6 is 11.5 Å². The Bertz CT molecular complexity index is 1380. The van der Waals surface area contributed by atoms with Gasteiger partial charge in [-0.1, -0.05) is 24.3 Å². The number of aliphatic hydroxyl groups is 1. The number of nitrogens with two attached hydrogens (primary N) is 1. The maximum absolute atomic E-state index is 15.0. The Hall–Kier alpha value is -2.81. The lowest BCUT2D eigenvalue weighted by atomic mass is 9.99. The van der Waals surface area contributed by atoms with Gasteiger partial charge in [-0.3, -0.25) is 14.0 Å². The second-order valence-electron chi connectivity index (χ2n) is 7.84. The molecule has 0 amide bonds. The first-order valence-electron chi connectivity index (χ1n) is 9.82. The molecule has 0 radical (unpaired) electrons. The van der Waals surface area contributed by atoms with Crippen LogP contribution in [-0.2, 0) is 6.42 Å². The van der Waals surface area contributed by atoms with Crippen LogP contribution in [0.4, 0.5) is 4.39 Å². The summed E-state index contributed by atoms with van der Waals surface area (Å²) in [6.45, 7) is -0.0978. The van der Waals surface area contributed by atoms with Crippen LogP contribution in [0.3, 0.4) is 0 Å². The van der Waals surface area contributed by atoms with Crippen LogP contribution in [0.2, 0.25) is 0 Å².